The van der Waals surface area contributed by atoms with Crippen LogP contribution >= 0.6 is 0 Å². The van der Waals surface area contributed by atoms with E-state index in [1.54, 1.807) is 11.1 Å². The summed E-state index contributed by atoms with van der Waals surface area (Å²) < 4.78 is 0. The van der Waals surface area contributed by atoms with E-state index >= 15 is 0 Å². The van der Waals surface area contributed by atoms with E-state index in [0.717, 1.165) is 0 Å². The molecule has 0 nitrogen and oxygen atoms in total. The Labute approximate surface area is 83.7 Å². The maximum atomic E-state index is 3.98. The molecule has 13 heavy (non-hydrogen) atoms. The van der Waals surface area contributed by atoms with Crippen LogP contribution in [0.4, 0.5) is 0 Å². The van der Waals surface area contributed by atoms with Crippen LogP contribution in [0, 0.1) is 5.92 Å². The van der Waals surface area contributed by atoms with Crippen molar-refractivity contribution in [3.05, 3.63) is 23.3 Å². The molecule has 0 aliphatic rings. The molecule has 0 fully saturated rings. The molecule has 0 rings (SSSR count). The zero-order valence-electron chi connectivity index (χ0n) is 9.91. The summed E-state index contributed by atoms with van der Waals surface area (Å²) in [6, 6.07) is 0. The Balaban J connectivity index is 3.96. The second-order valence-electron chi connectivity index (χ2n) is 4.20. The summed E-state index contributed by atoms with van der Waals surface area (Å²) in [7, 11) is 0. The van der Waals surface area contributed by atoms with Gasteiger partial charge in [0.1, 0.15) is 0 Å². The summed E-state index contributed by atoms with van der Waals surface area (Å²) in [6.45, 7) is 15.1. The van der Waals surface area contributed by atoms with Crippen LogP contribution in [0.15, 0.2) is 23.3 Å². The van der Waals surface area contributed by atoms with Gasteiger partial charge in [0.15, 0.2) is 0 Å². The Hall–Kier alpha value is -0.520. The molecule has 0 aromatic carbocycles. The lowest BCUT2D eigenvalue weighted by Crippen LogP contribution is -1.96. The lowest BCUT2D eigenvalue weighted by atomic mass is 9.94. The third kappa shape index (κ3) is 4.92. The molecule has 0 aliphatic heterocycles. The van der Waals surface area contributed by atoms with Crippen molar-refractivity contribution in [3.8, 4) is 0 Å². The second kappa shape index (κ2) is 6.01. The quantitative estimate of drug-likeness (QED) is 0.537. The van der Waals surface area contributed by atoms with E-state index in [1.807, 2.05) is 0 Å². The Morgan fingerprint density at radius 3 is 2.08 bits per heavy atom. The average molecular weight is 180 g/mol. The van der Waals surface area contributed by atoms with Crippen molar-refractivity contribution in [2.75, 3.05) is 0 Å². The summed E-state index contributed by atoms with van der Waals surface area (Å²) >= 11 is 0. The van der Waals surface area contributed by atoms with E-state index in [4.69, 9.17) is 0 Å². The lowest BCUT2D eigenvalue weighted by Gasteiger charge is -2.12. The average Bonchev–Trinajstić information content (AvgIpc) is 2.11. The van der Waals surface area contributed by atoms with Crippen LogP contribution in [-0.2, 0) is 0 Å². The molecular formula is C13H24. The molecule has 0 heterocycles. The fraction of sp³-hybridized carbons (Fsp3) is 0.692. The first kappa shape index (κ1) is 12.5. The maximum Gasteiger partial charge on any atom is -0.0234 e. The minimum atomic E-state index is 0.666. The van der Waals surface area contributed by atoms with Crippen LogP contribution in [0.5, 0.6) is 0 Å². The fourth-order valence-corrected chi connectivity index (χ4v) is 1.19. The standard InChI is InChI=1S/C13H24/c1-7-11(4)13(6)9-8-12(5)10(2)3/h12H,2,7-9H2,1,3-6H3/b13-11+. The lowest BCUT2D eigenvalue weighted by molar-refractivity contribution is 0.610. The van der Waals surface area contributed by atoms with E-state index < -0.39 is 0 Å². The summed E-state index contributed by atoms with van der Waals surface area (Å²) in [6.07, 6.45) is 3.67. The molecule has 0 N–H and O–H groups in total. The topological polar surface area (TPSA) is 0 Å². The van der Waals surface area contributed by atoms with Crippen molar-refractivity contribution in [1.82, 2.24) is 0 Å². The summed E-state index contributed by atoms with van der Waals surface area (Å²) in [5.74, 6) is 0.666. The molecule has 1 unspecified atom stereocenters. The number of hydrogen-bond donors (Lipinski definition) is 0. The number of allylic oxidation sites excluding steroid dienone is 3. The van der Waals surface area contributed by atoms with Crippen LogP contribution in [0.25, 0.3) is 0 Å². The van der Waals surface area contributed by atoms with Crippen molar-refractivity contribution in [3.63, 3.8) is 0 Å². The maximum absolute atomic E-state index is 3.98. The van der Waals surface area contributed by atoms with Gasteiger partial charge in [-0.3, -0.25) is 0 Å². The highest BCUT2D eigenvalue weighted by Gasteiger charge is 2.03. The zero-order valence-corrected chi connectivity index (χ0v) is 9.91. The van der Waals surface area contributed by atoms with Gasteiger partial charge < -0.3 is 0 Å². The largest absolute Gasteiger partial charge is 0.0999 e. The summed E-state index contributed by atoms with van der Waals surface area (Å²) in [4.78, 5) is 0. The van der Waals surface area contributed by atoms with E-state index in [-0.39, 0.29) is 0 Å². The van der Waals surface area contributed by atoms with Gasteiger partial charge in [0.25, 0.3) is 0 Å². The van der Waals surface area contributed by atoms with Gasteiger partial charge in [-0.15, -0.1) is 0 Å². The van der Waals surface area contributed by atoms with Crippen molar-refractivity contribution in [2.24, 2.45) is 5.92 Å². The molecule has 0 amide bonds. The molecule has 0 aromatic rings. The van der Waals surface area contributed by atoms with E-state index in [9.17, 15) is 0 Å². The zero-order chi connectivity index (χ0) is 10.4. The normalized spacial score (nSPS) is 15.2. The van der Waals surface area contributed by atoms with Gasteiger partial charge in [0, 0.05) is 0 Å². The smallest absolute Gasteiger partial charge is 0.0234 e. The van der Waals surface area contributed by atoms with Crippen LogP contribution in [-0.4, -0.2) is 0 Å². The molecule has 0 bridgehead atoms. The highest BCUT2D eigenvalue weighted by Crippen LogP contribution is 2.20. The van der Waals surface area contributed by atoms with Gasteiger partial charge in [-0.25, -0.2) is 0 Å². The highest BCUT2D eigenvalue weighted by atomic mass is 14.1. The Morgan fingerprint density at radius 2 is 1.69 bits per heavy atom. The Morgan fingerprint density at radius 1 is 1.15 bits per heavy atom. The van der Waals surface area contributed by atoms with Gasteiger partial charge in [-0.05, 0) is 46.0 Å². The monoisotopic (exact) mass is 180 g/mol. The van der Waals surface area contributed by atoms with Crippen molar-refractivity contribution in [1.29, 1.82) is 0 Å². The van der Waals surface area contributed by atoms with Gasteiger partial charge in [-0.2, -0.15) is 0 Å². The first-order valence-electron chi connectivity index (χ1n) is 5.29. The SMILES string of the molecule is C=C(C)C(C)CC/C(C)=C(\C)CC. The van der Waals surface area contributed by atoms with Gasteiger partial charge in [-0.1, -0.05) is 37.1 Å². The first-order valence-corrected chi connectivity index (χ1v) is 5.29. The molecular weight excluding hydrogens is 156 g/mol. The van der Waals surface area contributed by atoms with Crippen molar-refractivity contribution < 1.29 is 0 Å². The highest BCUT2D eigenvalue weighted by molar-refractivity contribution is 5.09. The third-order valence-corrected chi connectivity index (χ3v) is 3.05. The van der Waals surface area contributed by atoms with Crippen LogP contribution in [0.2, 0.25) is 0 Å². The predicted molar refractivity (Wildman–Crippen MR) is 61.9 cm³/mol. The van der Waals surface area contributed by atoms with E-state index in [1.165, 1.54) is 24.8 Å². The molecule has 0 aliphatic carbocycles. The molecule has 0 radical (unpaired) electrons. The molecule has 0 saturated heterocycles. The van der Waals surface area contributed by atoms with Crippen molar-refractivity contribution in [2.45, 2.75) is 53.9 Å². The predicted octanol–water partition coefficient (Wildman–Crippen LogP) is 4.73. The minimum absolute atomic E-state index is 0.666. The fourth-order valence-electron chi connectivity index (χ4n) is 1.19. The summed E-state index contributed by atoms with van der Waals surface area (Å²) in [5, 5.41) is 0. The third-order valence-electron chi connectivity index (χ3n) is 3.05. The van der Waals surface area contributed by atoms with Gasteiger partial charge in [0.05, 0.1) is 0 Å². The van der Waals surface area contributed by atoms with Crippen LogP contribution in [0.1, 0.15) is 53.9 Å². The second-order valence-corrected chi connectivity index (χ2v) is 4.20. The summed E-state index contributed by atoms with van der Waals surface area (Å²) in [5.41, 5.74) is 4.42. The molecule has 0 saturated carbocycles. The minimum Gasteiger partial charge on any atom is -0.0999 e. The molecule has 76 valence electrons. The molecule has 0 aromatic heterocycles. The van der Waals surface area contributed by atoms with Crippen LogP contribution in [0.3, 0.4) is 0 Å². The molecule has 0 spiro atoms. The van der Waals surface area contributed by atoms with Crippen LogP contribution < -0.4 is 0 Å². The van der Waals surface area contributed by atoms with Gasteiger partial charge >= 0.3 is 0 Å². The Kier molecular flexibility index (Phi) is 5.77. The van der Waals surface area contributed by atoms with Crippen molar-refractivity contribution >= 4 is 0 Å². The first-order chi connectivity index (χ1) is 5.99. The molecule has 0 heteroatoms. The Bertz CT molecular complexity index is 196. The molecule has 1 atom stereocenters. The number of hydrogen-bond acceptors (Lipinski definition) is 0. The van der Waals surface area contributed by atoms with Gasteiger partial charge in [0.2, 0.25) is 0 Å². The number of rotatable bonds is 5. The van der Waals surface area contributed by atoms with E-state index in [0.29, 0.717) is 5.92 Å². The van der Waals surface area contributed by atoms with E-state index in [2.05, 4.69) is 41.2 Å².